The summed E-state index contributed by atoms with van der Waals surface area (Å²) in [5.74, 6) is -0.913. The molecule has 29 heavy (non-hydrogen) atoms. The number of oxime groups is 1. The maximum atomic E-state index is 12.1. The molecule has 0 saturated heterocycles. The van der Waals surface area contributed by atoms with Crippen molar-refractivity contribution in [2.75, 3.05) is 6.61 Å². The Kier molecular flexibility index (Phi) is 6.10. The number of hydrogen-bond acceptors (Lipinski definition) is 6. The summed E-state index contributed by atoms with van der Waals surface area (Å²) in [7, 11) is 0. The van der Waals surface area contributed by atoms with Crippen molar-refractivity contribution >= 4 is 29.3 Å². The van der Waals surface area contributed by atoms with Gasteiger partial charge in [0.25, 0.3) is 5.91 Å². The molecule has 0 aliphatic rings. The Morgan fingerprint density at radius 2 is 1.76 bits per heavy atom. The Morgan fingerprint density at radius 1 is 1.07 bits per heavy atom. The number of nitrogens with zero attached hydrogens (tertiary/aromatic N) is 2. The molecule has 3 rings (SSSR count). The third-order valence-electron chi connectivity index (χ3n) is 3.70. The van der Waals surface area contributed by atoms with Gasteiger partial charge < -0.3 is 21.0 Å². The molecule has 9 nitrogen and oxygen atoms in total. The Hall–Kier alpha value is -3.85. The van der Waals surface area contributed by atoms with E-state index in [2.05, 4.69) is 15.4 Å². The Balaban J connectivity index is 1.62. The molecule has 1 amide bonds. The van der Waals surface area contributed by atoms with E-state index >= 15 is 0 Å². The zero-order valence-electron chi connectivity index (χ0n) is 15.0. The highest BCUT2D eigenvalue weighted by Crippen LogP contribution is 2.20. The van der Waals surface area contributed by atoms with Gasteiger partial charge in [0.15, 0.2) is 12.4 Å². The average Bonchev–Trinajstić information content (AvgIpc) is 3.21. The zero-order chi connectivity index (χ0) is 20.8. The van der Waals surface area contributed by atoms with E-state index < -0.39 is 11.9 Å². The third-order valence-corrected chi connectivity index (χ3v) is 3.95. The van der Waals surface area contributed by atoms with Crippen molar-refractivity contribution in [3.8, 4) is 17.0 Å². The van der Waals surface area contributed by atoms with Gasteiger partial charge in [0.05, 0.1) is 5.69 Å². The van der Waals surface area contributed by atoms with Crippen LogP contribution in [-0.2, 0) is 9.63 Å². The fourth-order valence-corrected chi connectivity index (χ4v) is 2.39. The van der Waals surface area contributed by atoms with Crippen LogP contribution < -0.4 is 16.2 Å². The molecule has 0 aliphatic heterocycles. The lowest BCUT2D eigenvalue weighted by molar-refractivity contribution is -0.119. The van der Waals surface area contributed by atoms with Crippen LogP contribution in [0, 0.1) is 0 Å². The van der Waals surface area contributed by atoms with Crippen molar-refractivity contribution in [2.45, 2.75) is 0 Å². The van der Waals surface area contributed by atoms with Crippen LogP contribution in [-0.4, -0.2) is 34.5 Å². The van der Waals surface area contributed by atoms with E-state index in [4.69, 9.17) is 32.6 Å². The molecule has 0 atom stereocenters. The molecule has 0 radical (unpaired) electrons. The monoisotopic (exact) mass is 413 g/mol. The number of benzene rings is 2. The number of carbonyl (C=O) groups excluding carboxylic acids is 2. The first-order valence-electron chi connectivity index (χ1n) is 8.30. The van der Waals surface area contributed by atoms with Gasteiger partial charge in [-0.05, 0) is 42.5 Å². The highest BCUT2D eigenvalue weighted by Gasteiger charge is 2.13. The number of primary amides is 1. The van der Waals surface area contributed by atoms with Gasteiger partial charge in [-0.25, -0.2) is 4.79 Å². The minimum Gasteiger partial charge on any atom is -0.484 e. The summed E-state index contributed by atoms with van der Waals surface area (Å²) >= 11 is 5.86. The van der Waals surface area contributed by atoms with Crippen molar-refractivity contribution in [2.24, 2.45) is 16.6 Å². The molecule has 148 valence electrons. The van der Waals surface area contributed by atoms with E-state index in [1.165, 1.54) is 6.07 Å². The Bertz CT molecular complexity index is 1050. The number of carbonyl (C=O) groups is 2. The fourth-order valence-electron chi connectivity index (χ4n) is 2.26. The number of ether oxygens (including phenoxy) is 1. The molecule has 1 heterocycles. The van der Waals surface area contributed by atoms with Crippen LogP contribution in [0.25, 0.3) is 11.3 Å². The molecule has 0 unspecified atom stereocenters. The molecular weight excluding hydrogens is 398 g/mol. The number of amides is 1. The largest absolute Gasteiger partial charge is 0.484 e. The first kappa shape index (κ1) is 19.9. The van der Waals surface area contributed by atoms with Gasteiger partial charge in [-0.1, -0.05) is 28.9 Å². The van der Waals surface area contributed by atoms with Crippen molar-refractivity contribution in [1.82, 2.24) is 10.2 Å². The van der Waals surface area contributed by atoms with E-state index in [1.54, 1.807) is 48.5 Å². The Morgan fingerprint density at radius 3 is 2.41 bits per heavy atom. The number of halogens is 1. The second-order valence-electron chi connectivity index (χ2n) is 5.81. The third kappa shape index (κ3) is 5.33. The topological polar surface area (TPSA) is 146 Å². The van der Waals surface area contributed by atoms with Gasteiger partial charge in [-0.3, -0.25) is 9.89 Å². The van der Waals surface area contributed by atoms with Crippen molar-refractivity contribution in [1.29, 1.82) is 0 Å². The molecule has 3 aromatic rings. The van der Waals surface area contributed by atoms with E-state index in [1.807, 2.05) is 0 Å². The van der Waals surface area contributed by atoms with E-state index in [0.717, 1.165) is 5.56 Å². The molecule has 0 aliphatic carbocycles. The highest BCUT2D eigenvalue weighted by molar-refractivity contribution is 6.30. The van der Waals surface area contributed by atoms with Crippen LogP contribution in [0.1, 0.15) is 16.1 Å². The maximum Gasteiger partial charge on any atom is 0.383 e. The standard InChI is InChI=1S/C19H16ClN5O4/c20-13-5-1-11(2-6-13)15-9-16(24-23-15)19(27)29-25-18(22)12-3-7-14(8-4-12)28-10-17(21)26/h1-9H,10H2,(H2,21,26)(H2,22,25)(H,23,24). The summed E-state index contributed by atoms with van der Waals surface area (Å²) < 4.78 is 5.14. The number of hydrogen-bond donors (Lipinski definition) is 3. The summed E-state index contributed by atoms with van der Waals surface area (Å²) in [6.07, 6.45) is 0. The number of rotatable bonds is 7. The summed E-state index contributed by atoms with van der Waals surface area (Å²) in [5.41, 5.74) is 12.8. The van der Waals surface area contributed by atoms with Gasteiger partial charge in [0.1, 0.15) is 11.4 Å². The lowest BCUT2D eigenvalue weighted by Crippen LogP contribution is -2.20. The molecule has 10 heteroatoms. The van der Waals surface area contributed by atoms with E-state index in [-0.39, 0.29) is 18.1 Å². The number of nitrogens with two attached hydrogens (primary N) is 2. The summed E-state index contributed by atoms with van der Waals surface area (Å²) in [6.45, 7) is -0.233. The number of aromatic amines is 1. The van der Waals surface area contributed by atoms with Crippen LogP contribution in [0.3, 0.4) is 0 Å². The normalized spacial score (nSPS) is 11.1. The van der Waals surface area contributed by atoms with Gasteiger partial charge in [0.2, 0.25) is 0 Å². The lowest BCUT2D eigenvalue weighted by Gasteiger charge is -2.05. The first-order chi connectivity index (χ1) is 13.9. The predicted octanol–water partition coefficient (Wildman–Crippen LogP) is 2.07. The molecular formula is C19H16ClN5O4. The molecule has 0 bridgehead atoms. The van der Waals surface area contributed by atoms with Crippen LogP contribution in [0.2, 0.25) is 5.02 Å². The second-order valence-corrected chi connectivity index (χ2v) is 6.24. The van der Waals surface area contributed by atoms with Gasteiger partial charge in [0, 0.05) is 16.1 Å². The molecule has 0 saturated carbocycles. The number of nitrogens with one attached hydrogen (secondary N) is 1. The summed E-state index contributed by atoms with van der Waals surface area (Å²) in [5, 5.41) is 10.9. The van der Waals surface area contributed by atoms with Gasteiger partial charge in [-0.2, -0.15) is 5.10 Å². The van der Waals surface area contributed by atoms with Crippen LogP contribution in [0.4, 0.5) is 0 Å². The number of H-pyrrole nitrogens is 1. The predicted molar refractivity (Wildman–Crippen MR) is 106 cm³/mol. The average molecular weight is 414 g/mol. The second kappa shape index (κ2) is 8.89. The zero-order valence-corrected chi connectivity index (χ0v) is 15.7. The smallest absolute Gasteiger partial charge is 0.383 e. The van der Waals surface area contributed by atoms with Crippen molar-refractivity contribution in [3.63, 3.8) is 0 Å². The van der Waals surface area contributed by atoms with Crippen LogP contribution in [0.5, 0.6) is 5.75 Å². The van der Waals surface area contributed by atoms with Crippen molar-refractivity contribution < 1.29 is 19.2 Å². The number of aromatic nitrogens is 2. The van der Waals surface area contributed by atoms with Crippen LogP contribution >= 0.6 is 11.6 Å². The first-order valence-corrected chi connectivity index (χ1v) is 8.68. The maximum absolute atomic E-state index is 12.1. The molecule has 0 spiro atoms. The molecule has 5 N–H and O–H groups in total. The van der Waals surface area contributed by atoms with E-state index in [9.17, 15) is 9.59 Å². The lowest BCUT2D eigenvalue weighted by atomic mass is 10.1. The number of amidine groups is 1. The van der Waals surface area contributed by atoms with Gasteiger partial charge in [-0.15, -0.1) is 0 Å². The van der Waals surface area contributed by atoms with Gasteiger partial charge >= 0.3 is 5.97 Å². The van der Waals surface area contributed by atoms with E-state index in [0.29, 0.717) is 22.0 Å². The molecule has 0 fully saturated rings. The highest BCUT2D eigenvalue weighted by atomic mass is 35.5. The SMILES string of the molecule is NC(=O)COc1ccc(/C(N)=N/OC(=O)c2cc(-c3ccc(Cl)cc3)n[nH]2)cc1. The molecule has 1 aromatic heterocycles. The van der Waals surface area contributed by atoms with Crippen LogP contribution in [0.15, 0.2) is 59.8 Å². The Labute approximate surface area is 170 Å². The van der Waals surface area contributed by atoms with Crippen molar-refractivity contribution in [3.05, 3.63) is 70.9 Å². The minimum absolute atomic E-state index is 0.0164. The fraction of sp³-hybridized carbons (Fsp3) is 0.0526. The summed E-state index contributed by atoms with van der Waals surface area (Å²) in [4.78, 5) is 27.7. The minimum atomic E-state index is -0.748. The summed E-state index contributed by atoms with van der Waals surface area (Å²) in [6, 6.07) is 14.9. The quantitative estimate of drug-likeness (QED) is 0.234. The molecule has 2 aromatic carbocycles.